The third-order valence-corrected chi connectivity index (χ3v) is 3.59. The van der Waals surface area contributed by atoms with Crippen molar-refractivity contribution in [2.45, 2.75) is 18.3 Å². The molecule has 6 nitrogen and oxygen atoms in total. The minimum Gasteiger partial charge on any atom is -0.504 e. The normalized spacial score (nSPS) is 15.3. The van der Waals surface area contributed by atoms with Gasteiger partial charge in [-0.3, -0.25) is 4.55 Å². The number of aliphatic hydroxyl groups is 1. The van der Waals surface area contributed by atoms with Crippen molar-refractivity contribution < 1.29 is 27.9 Å². The van der Waals surface area contributed by atoms with Gasteiger partial charge in [-0.25, -0.2) is 0 Å². The molecule has 0 aliphatic rings. The molecule has 0 aliphatic carbocycles. The van der Waals surface area contributed by atoms with Crippen molar-refractivity contribution in [3.63, 3.8) is 0 Å². The standard InChI is InChI=1S/C10H14O6S/c1-10(12,17(13,14)15)6-7-3-4-8(11)9(5-7)16-2/h3-5,11-12H,6H2,1-2H3,(H,13,14,15). The van der Waals surface area contributed by atoms with E-state index in [1.54, 1.807) is 0 Å². The molecule has 0 aromatic heterocycles. The van der Waals surface area contributed by atoms with Gasteiger partial charge in [0.1, 0.15) is 0 Å². The minimum absolute atomic E-state index is 0.0947. The van der Waals surface area contributed by atoms with Gasteiger partial charge >= 0.3 is 0 Å². The maximum atomic E-state index is 10.9. The van der Waals surface area contributed by atoms with Crippen LogP contribution in [0.5, 0.6) is 11.5 Å². The van der Waals surface area contributed by atoms with Crippen LogP contribution in [-0.2, 0) is 16.5 Å². The van der Waals surface area contributed by atoms with Crippen molar-refractivity contribution in [3.8, 4) is 11.5 Å². The summed E-state index contributed by atoms with van der Waals surface area (Å²) in [7, 11) is -3.23. The summed E-state index contributed by atoms with van der Waals surface area (Å²) in [5.74, 6) is 0.0661. The summed E-state index contributed by atoms with van der Waals surface area (Å²) in [5.41, 5.74) is 0.405. The molecule has 96 valence electrons. The summed E-state index contributed by atoms with van der Waals surface area (Å²) < 4.78 is 35.5. The van der Waals surface area contributed by atoms with Crippen molar-refractivity contribution in [2.75, 3.05) is 7.11 Å². The Balaban J connectivity index is 3.05. The molecule has 0 saturated carbocycles. The summed E-state index contributed by atoms with van der Waals surface area (Å²) in [5, 5.41) is 18.9. The first-order valence-corrected chi connectivity index (χ1v) is 6.16. The highest BCUT2D eigenvalue weighted by atomic mass is 32.2. The number of phenolic OH excluding ortho intramolecular Hbond substituents is 1. The molecule has 0 aliphatic heterocycles. The van der Waals surface area contributed by atoms with Crippen LogP contribution in [0.15, 0.2) is 18.2 Å². The fourth-order valence-corrected chi connectivity index (χ4v) is 1.65. The quantitative estimate of drug-likeness (QED) is 0.684. The molecule has 1 aromatic rings. The van der Waals surface area contributed by atoms with E-state index in [4.69, 9.17) is 9.29 Å². The molecule has 0 spiro atoms. The van der Waals surface area contributed by atoms with Crippen LogP contribution in [0.4, 0.5) is 0 Å². The molecule has 3 N–H and O–H groups in total. The second-order valence-corrected chi connectivity index (χ2v) is 5.66. The van der Waals surface area contributed by atoms with E-state index in [-0.39, 0.29) is 17.9 Å². The monoisotopic (exact) mass is 262 g/mol. The first-order valence-electron chi connectivity index (χ1n) is 4.72. The molecule has 0 bridgehead atoms. The van der Waals surface area contributed by atoms with Crippen LogP contribution in [-0.4, -0.2) is 35.2 Å². The lowest BCUT2D eigenvalue weighted by molar-refractivity contribution is 0.132. The predicted molar refractivity (Wildman–Crippen MR) is 60.5 cm³/mol. The maximum Gasteiger partial charge on any atom is 0.295 e. The Morgan fingerprint density at radius 3 is 2.47 bits per heavy atom. The van der Waals surface area contributed by atoms with E-state index in [0.29, 0.717) is 5.56 Å². The van der Waals surface area contributed by atoms with Gasteiger partial charge in [0.15, 0.2) is 16.4 Å². The Hall–Kier alpha value is -1.31. The van der Waals surface area contributed by atoms with Crippen LogP contribution in [0.1, 0.15) is 12.5 Å². The van der Waals surface area contributed by atoms with Crippen molar-refractivity contribution in [2.24, 2.45) is 0 Å². The number of methoxy groups -OCH3 is 1. The maximum absolute atomic E-state index is 10.9. The zero-order chi connectivity index (χ0) is 13.3. The molecule has 7 heteroatoms. The molecule has 1 atom stereocenters. The molecule has 1 rings (SSSR count). The van der Waals surface area contributed by atoms with E-state index in [0.717, 1.165) is 6.92 Å². The summed E-state index contributed by atoms with van der Waals surface area (Å²) in [6.07, 6.45) is -0.317. The van der Waals surface area contributed by atoms with Gasteiger partial charge in [0.25, 0.3) is 10.1 Å². The average molecular weight is 262 g/mol. The molecule has 0 radical (unpaired) electrons. The van der Waals surface area contributed by atoms with E-state index >= 15 is 0 Å². The van der Waals surface area contributed by atoms with Gasteiger partial charge in [-0.1, -0.05) is 6.07 Å². The molecule has 1 aromatic carbocycles. The lowest BCUT2D eigenvalue weighted by Crippen LogP contribution is -2.36. The average Bonchev–Trinajstić information content (AvgIpc) is 2.19. The van der Waals surface area contributed by atoms with Gasteiger partial charge in [0.05, 0.1) is 7.11 Å². The molecule has 1 unspecified atom stereocenters. The fraction of sp³-hybridized carbons (Fsp3) is 0.400. The second kappa shape index (κ2) is 4.52. The third-order valence-electron chi connectivity index (χ3n) is 2.33. The zero-order valence-corrected chi connectivity index (χ0v) is 10.2. The number of hydrogen-bond donors (Lipinski definition) is 3. The Labute approximate surface area is 99.2 Å². The predicted octanol–water partition coefficient (Wildman–Crippen LogP) is 0.540. The number of phenols is 1. The number of ether oxygens (including phenoxy) is 1. The molecule has 17 heavy (non-hydrogen) atoms. The van der Waals surface area contributed by atoms with Crippen molar-refractivity contribution in [1.29, 1.82) is 0 Å². The van der Waals surface area contributed by atoms with E-state index in [1.165, 1.54) is 25.3 Å². The van der Waals surface area contributed by atoms with Crippen molar-refractivity contribution in [1.82, 2.24) is 0 Å². The lowest BCUT2D eigenvalue weighted by atomic mass is 10.1. The van der Waals surface area contributed by atoms with Crippen LogP contribution in [0.25, 0.3) is 0 Å². The van der Waals surface area contributed by atoms with E-state index < -0.39 is 15.1 Å². The van der Waals surface area contributed by atoms with Gasteiger partial charge in [-0.15, -0.1) is 0 Å². The lowest BCUT2D eigenvalue weighted by Gasteiger charge is -2.19. The largest absolute Gasteiger partial charge is 0.504 e. The first kappa shape index (κ1) is 13.8. The SMILES string of the molecule is COc1cc(CC(C)(O)S(=O)(=O)O)ccc1O. The summed E-state index contributed by atoms with van der Waals surface area (Å²) in [6, 6.07) is 4.13. The van der Waals surface area contributed by atoms with Crippen LogP contribution in [0.3, 0.4) is 0 Å². The van der Waals surface area contributed by atoms with Crippen LogP contribution in [0.2, 0.25) is 0 Å². The number of hydrogen-bond acceptors (Lipinski definition) is 5. The molecular formula is C10H14O6S. The van der Waals surface area contributed by atoms with Gasteiger partial charge in [-0.05, 0) is 24.6 Å². The number of benzene rings is 1. The first-order chi connectivity index (χ1) is 7.67. The van der Waals surface area contributed by atoms with Gasteiger partial charge in [-0.2, -0.15) is 8.42 Å². The number of rotatable bonds is 4. The molecule has 0 saturated heterocycles. The highest BCUT2D eigenvalue weighted by Crippen LogP contribution is 2.28. The molecular weight excluding hydrogens is 248 g/mol. The van der Waals surface area contributed by atoms with Crippen LogP contribution < -0.4 is 4.74 Å². The summed E-state index contributed by atoms with van der Waals surface area (Å²) in [4.78, 5) is -2.28. The summed E-state index contributed by atoms with van der Waals surface area (Å²) in [6.45, 7) is 0.988. The van der Waals surface area contributed by atoms with Gasteiger partial charge < -0.3 is 14.9 Å². The fourth-order valence-electron chi connectivity index (χ4n) is 1.30. The Kier molecular flexibility index (Phi) is 3.65. The van der Waals surface area contributed by atoms with Crippen LogP contribution >= 0.6 is 0 Å². The highest BCUT2D eigenvalue weighted by Gasteiger charge is 2.35. The third kappa shape index (κ3) is 3.09. The van der Waals surface area contributed by atoms with Gasteiger partial charge in [0, 0.05) is 6.42 Å². The minimum atomic E-state index is -4.58. The van der Waals surface area contributed by atoms with E-state index in [9.17, 15) is 18.6 Å². The molecule has 0 heterocycles. The smallest absolute Gasteiger partial charge is 0.295 e. The Bertz CT molecular complexity index is 506. The summed E-state index contributed by atoms with van der Waals surface area (Å²) >= 11 is 0. The molecule has 0 fully saturated rings. The molecule has 0 amide bonds. The zero-order valence-electron chi connectivity index (χ0n) is 9.41. The number of aromatic hydroxyl groups is 1. The topological polar surface area (TPSA) is 104 Å². The van der Waals surface area contributed by atoms with E-state index in [1.807, 2.05) is 0 Å². The van der Waals surface area contributed by atoms with Crippen molar-refractivity contribution >= 4 is 10.1 Å². The highest BCUT2D eigenvalue weighted by molar-refractivity contribution is 7.87. The van der Waals surface area contributed by atoms with Crippen molar-refractivity contribution in [3.05, 3.63) is 23.8 Å². The Morgan fingerprint density at radius 1 is 1.41 bits per heavy atom. The Morgan fingerprint density at radius 2 is 2.00 bits per heavy atom. The van der Waals surface area contributed by atoms with Gasteiger partial charge in [0.2, 0.25) is 0 Å². The second-order valence-electron chi connectivity index (χ2n) is 3.83. The van der Waals surface area contributed by atoms with E-state index in [2.05, 4.69) is 0 Å². The van der Waals surface area contributed by atoms with Crippen LogP contribution in [0, 0.1) is 0 Å².